The summed E-state index contributed by atoms with van der Waals surface area (Å²) in [5.41, 5.74) is 0. The van der Waals surface area contributed by atoms with Crippen molar-refractivity contribution in [1.29, 1.82) is 0 Å². The Morgan fingerprint density at radius 3 is 2.52 bits per heavy atom. The van der Waals surface area contributed by atoms with E-state index in [-0.39, 0.29) is 18.3 Å². The standard InChI is InChI=1S/C15H23BrN2OS.ClH/c16-14-8-7-13(20-14)11-15(19)18-10-9-17-12-5-3-1-2-4-6-12;/h7-8,12,17H,1-6,9-11H2,(H,18,19);1H. The molecule has 1 aromatic rings. The summed E-state index contributed by atoms with van der Waals surface area (Å²) in [4.78, 5) is 12.9. The molecule has 0 bridgehead atoms. The Hall–Kier alpha value is -0.100. The smallest absolute Gasteiger partial charge is 0.225 e. The number of nitrogens with one attached hydrogen (secondary N) is 2. The van der Waals surface area contributed by atoms with Gasteiger partial charge in [-0.3, -0.25) is 4.79 Å². The van der Waals surface area contributed by atoms with Crippen molar-refractivity contribution in [2.75, 3.05) is 13.1 Å². The number of rotatable bonds is 6. The monoisotopic (exact) mass is 394 g/mol. The lowest BCUT2D eigenvalue weighted by atomic mass is 10.1. The fourth-order valence-electron chi connectivity index (χ4n) is 2.63. The third-order valence-electron chi connectivity index (χ3n) is 3.70. The van der Waals surface area contributed by atoms with Crippen LogP contribution in [0.25, 0.3) is 0 Å². The maximum absolute atomic E-state index is 11.8. The van der Waals surface area contributed by atoms with Crippen LogP contribution in [0.5, 0.6) is 0 Å². The highest BCUT2D eigenvalue weighted by Crippen LogP contribution is 2.22. The molecule has 2 N–H and O–H groups in total. The van der Waals surface area contributed by atoms with Gasteiger partial charge in [0.15, 0.2) is 0 Å². The molecule has 21 heavy (non-hydrogen) atoms. The van der Waals surface area contributed by atoms with Crippen LogP contribution in [0.4, 0.5) is 0 Å². The molecule has 6 heteroatoms. The van der Waals surface area contributed by atoms with E-state index in [4.69, 9.17) is 0 Å². The van der Waals surface area contributed by atoms with Crippen molar-refractivity contribution in [3.05, 3.63) is 20.8 Å². The van der Waals surface area contributed by atoms with Crippen LogP contribution in [-0.2, 0) is 11.2 Å². The van der Waals surface area contributed by atoms with Crippen molar-refractivity contribution in [2.45, 2.75) is 51.0 Å². The molecule has 1 aliphatic rings. The Kier molecular flexibility index (Phi) is 9.56. The molecule has 1 aromatic heterocycles. The summed E-state index contributed by atoms with van der Waals surface area (Å²) in [7, 11) is 0. The highest BCUT2D eigenvalue weighted by molar-refractivity contribution is 9.11. The summed E-state index contributed by atoms with van der Waals surface area (Å²) in [6.07, 6.45) is 8.51. The van der Waals surface area contributed by atoms with Crippen molar-refractivity contribution >= 4 is 45.6 Å². The molecule has 1 aliphatic carbocycles. The molecule has 0 atom stereocenters. The Morgan fingerprint density at radius 2 is 1.90 bits per heavy atom. The number of hydrogen-bond donors (Lipinski definition) is 2. The largest absolute Gasteiger partial charge is 0.355 e. The predicted molar refractivity (Wildman–Crippen MR) is 95.5 cm³/mol. The number of halogens is 2. The first-order valence-electron chi connectivity index (χ1n) is 7.48. The molecule has 1 heterocycles. The van der Waals surface area contributed by atoms with Gasteiger partial charge in [0.1, 0.15) is 0 Å². The van der Waals surface area contributed by atoms with E-state index < -0.39 is 0 Å². The molecule has 0 aromatic carbocycles. The van der Waals surface area contributed by atoms with E-state index in [2.05, 4.69) is 26.6 Å². The van der Waals surface area contributed by atoms with Crippen LogP contribution in [0.15, 0.2) is 15.9 Å². The van der Waals surface area contributed by atoms with Crippen LogP contribution in [0, 0.1) is 0 Å². The van der Waals surface area contributed by atoms with E-state index in [0.717, 1.165) is 21.8 Å². The molecular weight excluding hydrogens is 372 g/mol. The first-order valence-corrected chi connectivity index (χ1v) is 9.09. The van der Waals surface area contributed by atoms with Gasteiger partial charge in [0.25, 0.3) is 0 Å². The average Bonchev–Trinajstić information content (AvgIpc) is 2.67. The second-order valence-electron chi connectivity index (χ2n) is 5.38. The van der Waals surface area contributed by atoms with E-state index in [1.165, 1.54) is 38.5 Å². The normalized spacial score (nSPS) is 16.0. The SMILES string of the molecule is Cl.O=C(Cc1ccc(Br)s1)NCCNC1CCCCCC1. The summed E-state index contributed by atoms with van der Waals surface area (Å²) in [6.45, 7) is 1.60. The molecule has 1 saturated carbocycles. The molecular formula is C15H24BrClN2OS. The fourth-order valence-corrected chi connectivity index (χ4v) is 4.11. The van der Waals surface area contributed by atoms with Crippen molar-refractivity contribution in [2.24, 2.45) is 0 Å². The molecule has 1 amide bonds. The van der Waals surface area contributed by atoms with Crippen LogP contribution < -0.4 is 10.6 Å². The van der Waals surface area contributed by atoms with E-state index in [9.17, 15) is 4.79 Å². The van der Waals surface area contributed by atoms with Gasteiger partial charge in [0, 0.05) is 24.0 Å². The third-order valence-corrected chi connectivity index (χ3v) is 5.32. The topological polar surface area (TPSA) is 41.1 Å². The molecule has 0 saturated heterocycles. The van der Waals surface area contributed by atoms with Crippen LogP contribution in [0.3, 0.4) is 0 Å². The molecule has 0 aliphatic heterocycles. The van der Waals surface area contributed by atoms with Crippen LogP contribution in [0.1, 0.15) is 43.4 Å². The number of thiophene rings is 1. The van der Waals surface area contributed by atoms with Gasteiger partial charge >= 0.3 is 0 Å². The summed E-state index contributed by atoms with van der Waals surface area (Å²) >= 11 is 5.03. The summed E-state index contributed by atoms with van der Waals surface area (Å²) in [6, 6.07) is 4.64. The quantitative estimate of drug-likeness (QED) is 0.566. The van der Waals surface area contributed by atoms with Gasteiger partial charge in [-0.1, -0.05) is 25.7 Å². The lowest BCUT2D eigenvalue weighted by molar-refractivity contribution is -0.120. The summed E-state index contributed by atoms with van der Waals surface area (Å²) < 4.78 is 1.08. The second-order valence-corrected chi connectivity index (χ2v) is 7.92. The first-order chi connectivity index (χ1) is 9.74. The Balaban J connectivity index is 0.00000220. The van der Waals surface area contributed by atoms with E-state index in [1.54, 1.807) is 11.3 Å². The number of carbonyl (C=O) groups is 1. The van der Waals surface area contributed by atoms with Gasteiger partial charge in [-0.05, 0) is 40.9 Å². The Bertz CT molecular complexity index is 420. The van der Waals surface area contributed by atoms with Crippen LogP contribution >= 0.6 is 39.7 Å². The number of carbonyl (C=O) groups excluding carboxylic acids is 1. The van der Waals surface area contributed by atoms with Gasteiger partial charge in [0.2, 0.25) is 5.91 Å². The molecule has 0 spiro atoms. The maximum Gasteiger partial charge on any atom is 0.225 e. The highest BCUT2D eigenvalue weighted by Gasteiger charge is 2.11. The van der Waals surface area contributed by atoms with Crippen LogP contribution in [-0.4, -0.2) is 25.0 Å². The lowest BCUT2D eigenvalue weighted by Gasteiger charge is -2.16. The zero-order chi connectivity index (χ0) is 14.2. The average molecular weight is 396 g/mol. The minimum atomic E-state index is 0. The first kappa shape index (κ1) is 18.9. The Labute approximate surface area is 145 Å². The Morgan fingerprint density at radius 1 is 1.19 bits per heavy atom. The minimum absolute atomic E-state index is 0. The summed E-state index contributed by atoms with van der Waals surface area (Å²) in [5.74, 6) is 0.113. The predicted octanol–water partition coefficient (Wildman–Crippen LogP) is 3.90. The van der Waals surface area contributed by atoms with Gasteiger partial charge in [0.05, 0.1) is 10.2 Å². The molecule has 1 fully saturated rings. The molecule has 0 radical (unpaired) electrons. The zero-order valence-electron chi connectivity index (χ0n) is 12.2. The van der Waals surface area contributed by atoms with Crippen molar-refractivity contribution in [1.82, 2.24) is 10.6 Å². The summed E-state index contributed by atoms with van der Waals surface area (Å²) in [5, 5.41) is 6.55. The van der Waals surface area contributed by atoms with E-state index >= 15 is 0 Å². The van der Waals surface area contributed by atoms with Crippen LogP contribution in [0.2, 0.25) is 0 Å². The lowest BCUT2D eigenvalue weighted by Crippen LogP contribution is -2.37. The minimum Gasteiger partial charge on any atom is -0.355 e. The van der Waals surface area contributed by atoms with Gasteiger partial charge in [-0.2, -0.15) is 0 Å². The molecule has 120 valence electrons. The highest BCUT2D eigenvalue weighted by atomic mass is 79.9. The van der Waals surface area contributed by atoms with E-state index in [0.29, 0.717) is 12.5 Å². The fraction of sp³-hybridized carbons (Fsp3) is 0.667. The van der Waals surface area contributed by atoms with Gasteiger partial charge in [-0.25, -0.2) is 0 Å². The van der Waals surface area contributed by atoms with Crippen molar-refractivity contribution < 1.29 is 4.79 Å². The maximum atomic E-state index is 11.8. The van der Waals surface area contributed by atoms with E-state index in [1.807, 2.05) is 12.1 Å². The van der Waals surface area contributed by atoms with Gasteiger partial charge < -0.3 is 10.6 Å². The number of amides is 1. The third kappa shape index (κ3) is 7.63. The van der Waals surface area contributed by atoms with Crippen molar-refractivity contribution in [3.8, 4) is 0 Å². The second kappa shape index (κ2) is 10.6. The zero-order valence-corrected chi connectivity index (χ0v) is 15.4. The van der Waals surface area contributed by atoms with Crippen molar-refractivity contribution in [3.63, 3.8) is 0 Å². The molecule has 3 nitrogen and oxygen atoms in total. The number of hydrogen-bond acceptors (Lipinski definition) is 3. The molecule has 2 rings (SSSR count). The van der Waals surface area contributed by atoms with Gasteiger partial charge in [-0.15, -0.1) is 23.7 Å². The molecule has 0 unspecified atom stereocenters.